The van der Waals surface area contributed by atoms with Gasteiger partial charge < -0.3 is 10.1 Å². The monoisotopic (exact) mass is 414 g/mol. The van der Waals surface area contributed by atoms with Gasteiger partial charge in [-0.2, -0.15) is 0 Å². The van der Waals surface area contributed by atoms with E-state index in [4.69, 9.17) is 4.74 Å². The molecule has 0 unspecified atom stereocenters. The Balaban J connectivity index is 1.42. The summed E-state index contributed by atoms with van der Waals surface area (Å²) in [5.41, 5.74) is 5.29. The van der Waals surface area contributed by atoms with E-state index in [9.17, 15) is 4.79 Å². The van der Waals surface area contributed by atoms with E-state index in [0.29, 0.717) is 16.7 Å². The average molecular weight is 415 g/mol. The van der Waals surface area contributed by atoms with Gasteiger partial charge >= 0.3 is 0 Å². The summed E-state index contributed by atoms with van der Waals surface area (Å²) in [4.78, 5) is 17.5. The molecule has 0 radical (unpaired) electrons. The fraction of sp³-hybridized carbons (Fsp3) is 0.120. The molecular weight excluding hydrogens is 392 g/mol. The van der Waals surface area contributed by atoms with Crippen LogP contribution >= 0.6 is 11.8 Å². The number of aliphatic imine (C=N–C) groups is 1. The second-order valence-electron chi connectivity index (χ2n) is 7.09. The lowest BCUT2D eigenvalue weighted by atomic mass is 10.1. The van der Waals surface area contributed by atoms with Crippen LogP contribution in [0.1, 0.15) is 22.3 Å². The first kappa shape index (κ1) is 20.0. The highest BCUT2D eigenvalue weighted by Gasteiger charge is 2.23. The Hall–Kier alpha value is -3.31. The van der Waals surface area contributed by atoms with Crippen molar-refractivity contribution in [2.45, 2.75) is 20.5 Å². The molecule has 1 fully saturated rings. The fourth-order valence-corrected chi connectivity index (χ4v) is 3.79. The summed E-state index contributed by atoms with van der Waals surface area (Å²) >= 11 is 1.35. The zero-order chi connectivity index (χ0) is 20.9. The first-order valence-corrected chi connectivity index (χ1v) is 10.5. The number of benzene rings is 3. The Morgan fingerprint density at radius 3 is 2.47 bits per heavy atom. The van der Waals surface area contributed by atoms with Gasteiger partial charge in [0, 0.05) is 0 Å². The maximum absolute atomic E-state index is 12.3. The number of hydrogen-bond donors (Lipinski definition) is 1. The van der Waals surface area contributed by atoms with Crippen LogP contribution in [0, 0.1) is 13.8 Å². The topological polar surface area (TPSA) is 50.7 Å². The van der Waals surface area contributed by atoms with E-state index in [1.165, 1.54) is 22.9 Å². The predicted molar refractivity (Wildman–Crippen MR) is 124 cm³/mol. The van der Waals surface area contributed by atoms with Crippen LogP contribution in [0.15, 0.2) is 82.7 Å². The van der Waals surface area contributed by atoms with Gasteiger partial charge in [0.2, 0.25) is 0 Å². The van der Waals surface area contributed by atoms with Crippen LogP contribution in [0.5, 0.6) is 5.75 Å². The molecule has 5 heteroatoms. The number of carbonyl (C=O) groups is 1. The molecule has 1 N–H and O–H groups in total. The normalized spacial score (nSPS) is 16.1. The molecule has 3 aromatic carbocycles. The van der Waals surface area contributed by atoms with Crippen LogP contribution in [-0.4, -0.2) is 11.1 Å². The van der Waals surface area contributed by atoms with Gasteiger partial charge in [-0.05, 0) is 78.2 Å². The zero-order valence-corrected chi connectivity index (χ0v) is 17.7. The van der Waals surface area contributed by atoms with Crippen molar-refractivity contribution in [3.8, 4) is 5.75 Å². The third-order valence-corrected chi connectivity index (χ3v) is 5.71. The molecule has 1 aliphatic rings. The van der Waals surface area contributed by atoms with Crippen LogP contribution < -0.4 is 10.1 Å². The summed E-state index contributed by atoms with van der Waals surface area (Å²) in [5, 5.41) is 3.43. The summed E-state index contributed by atoms with van der Waals surface area (Å²) in [7, 11) is 0. The summed E-state index contributed by atoms with van der Waals surface area (Å²) in [6, 6.07) is 23.8. The van der Waals surface area contributed by atoms with E-state index in [-0.39, 0.29) is 5.91 Å². The van der Waals surface area contributed by atoms with Crippen molar-refractivity contribution in [1.82, 2.24) is 5.32 Å². The maximum atomic E-state index is 12.3. The highest BCUT2D eigenvalue weighted by molar-refractivity contribution is 8.18. The molecule has 0 atom stereocenters. The lowest BCUT2D eigenvalue weighted by Gasteiger charge is -2.06. The van der Waals surface area contributed by atoms with E-state index in [1.807, 2.05) is 78.9 Å². The van der Waals surface area contributed by atoms with Gasteiger partial charge in [-0.3, -0.25) is 4.79 Å². The number of ether oxygens (including phenoxy) is 1. The number of amides is 1. The van der Waals surface area contributed by atoms with Gasteiger partial charge in [-0.25, -0.2) is 4.99 Å². The van der Waals surface area contributed by atoms with Crippen LogP contribution in [0.2, 0.25) is 0 Å². The van der Waals surface area contributed by atoms with Gasteiger partial charge in [0.1, 0.15) is 12.4 Å². The highest BCUT2D eigenvalue weighted by Crippen LogP contribution is 2.29. The molecule has 150 valence electrons. The molecule has 0 aromatic heterocycles. The van der Waals surface area contributed by atoms with E-state index < -0.39 is 0 Å². The van der Waals surface area contributed by atoms with E-state index >= 15 is 0 Å². The lowest BCUT2D eigenvalue weighted by Crippen LogP contribution is -2.19. The number of amidine groups is 1. The molecule has 1 saturated heterocycles. The Morgan fingerprint density at radius 1 is 0.967 bits per heavy atom. The third kappa shape index (κ3) is 4.99. The number of nitrogens with one attached hydrogen (secondary N) is 1. The molecular formula is C25H22N2O2S. The van der Waals surface area contributed by atoms with Crippen molar-refractivity contribution in [3.63, 3.8) is 0 Å². The SMILES string of the molecule is Cc1ccc(N=C2NC(=O)/C(=C\c3ccc(OCc4ccccc4)cc3)S2)cc1C. The largest absolute Gasteiger partial charge is 0.489 e. The van der Waals surface area contributed by atoms with Crippen LogP contribution in [0.4, 0.5) is 5.69 Å². The van der Waals surface area contributed by atoms with Crippen LogP contribution in [-0.2, 0) is 11.4 Å². The number of carbonyl (C=O) groups excluding carboxylic acids is 1. The Morgan fingerprint density at radius 2 is 1.73 bits per heavy atom. The van der Waals surface area contributed by atoms with Gasteiger partial charge in [0.25, 0.3) is 5.91 Å². The smallest absolute Gasteiger partial charge is 0.264 e. The van der Waals surface area contributed by atoms with Crippen LogP contribution in [0.25, 0.3) is 6.08 Å². The first-order chi connectivity index (χ1) is 14.6. The number of hydrogen-bond acceptors (Lipinski definition) is 4. The van der Waals surface area contributed by atoms with E-state index in [0.717, 1.165) is 22.6 Å². The fourth-order valence-electron chi connectivity index (χ4n) is 2.95. The molecule has 1 heterocycles. The molecule has 0 spiro atoms. The lowest BCUT2D eigenvalue weighted by molar-refractivity contribution is -0.115. The van der Waals surface area contributed by atoms with E-state index in [1.54, 1.807) is 0 Å². The van der Waals surface area contributed by atoms with Gasteiger partial charge in [-0.1, -0.05) is 48.5 Å². The standard InChI is InChI=1S/C25H22N2O2S/c1-17-8-11-21(14-18(17)2)26-25-27-24(28)23(30-25)15-19-9-12-22(13-10-19)29-16-20-6-4-3-5-7-20/h3-15H,16H2,1-2H3,(H,26,27,28)/b23-15+. The summed E-state index contributed by atoms with van der Waals surface area (Å²) in [5.74, 6) is 0.661. The quantitative estimate of drug-likeness (QED) is 0.539. The number of nitrogens with zero attached hydrogens (tertiary/aromatic N) is 1. The Labute approximate surface area is 180 Å². The minimum atomic E-state index is -0.132. The summed E-state index contributed by atoms with van der Waals surface area (Å²) < 4.78 is 5.82. The molecule has 0 saturated carbocycles. The van der Waals surface area contributed by atoms with Crippen molar-refractivity contribution < 1.29 is 9.53 Å². The van der Waals surface area contributed by atoms with E-state index in [2.05, 4.69) is 24.2 Å². The van der Waals surface area contributed by atoms with Crippen molar-refractivity contribution >= 4 is 34.6 Å². The molecule has 1 aliphatic heterocycles. The molecule has 0 bridgehead atoms. The number of thioether (sulfide) groups is 1. The molecule has 4 nitrogen and oxygen atoms in total. The molecule has 3 aromatic rings. The summed E-state index contributed by atoms with van der Waals surface area (Å²) in [6.45, 7) is 4.65. The maximum Gasteiger partial charge on any atom is 0.264 e. The number of rotatable bonds is 5. The van der Waals surface area contributed by atoms with Gasteiger partial charge in [0.15, 0.2) is 5.17 Å². The van der Waals surface area contributed by atoms with Gasteiger partial charge in [-0.15, -0.1) is 0 Å². The first-order valence-electron chi connectivity index (χ1n) is 9.70. The third-order valence-electron chi connectivity index (χ3n) is 4.80. The zero-order valence-electron chi connectivity index (χ0n) is 16.9. The van der Waals surface area contributed by atoms with Crippen molar-refractivity contribution in [1.29, 1.82) is 0 Å². The molecule has 30 heavy (non-hydrogen) atoms. The molecule has 1 amide bonds. The van der Waals surface area contributed by atoms with Crippen molar-refractivity contribution in [2.75, 3.05) is 0 Å². The second kappa shape index (κ2) is 9.01. The highest BCUT2D eigenvalue weighted by atomic mass is 32.2. The summed E-state index contributed by atoms with van der Waals surface area (Å²) in [6.07, 6.45) is 1.86. The average Bonchev–Trinajstić information content (AvgIpc) is 3.09. The minimum absolute atomic E-state index is 0.132. The van der Waals surface area contributed by atoms with Crippen molar-refractivity contribution in [2.24, 2.45) is 4.99 Å². The van der Waals surface area contributed by atoms with Crippen molar-refractivity contribution in [3.05, 3.63) is 100.0 Å². The molecule has 0 aliphatic carbocycles. The van der Waals surface area contributed by atoms with Gasteiger partial charge in [0.05, 0.1) is 10.6 Å². The number of aryl methyl sites for hydroxylation is 2. The Bertz CT molecular complexity index is 1120. The minimum Gasteiger partial charge on any atom is -0.489 e. The second-order valence-corrected chi connectivity index (χ2v) is 8.12. The molecule has 4 rings (SSSR count). The van der Waals surface area contributed by atoms with Crippen LogP contribution in [0.3, 0.4) is 0 Å². The Kier molecular flexibility index (Phi) is 6.00. The predicted octanol–water partition coefficient (Wildman–Crippen LogP) is 5.77.